The minimum Gasteiger partial charge on any atom is -0.504 e. The number of phenolic OH excluding ortho intramolecular Hbond substituents is 4. The van der Waals surface area contributed by atoms with E-state index in [-0.39, 0.29) is 58.5 Å². The lowest BCUT2D eigenvalue weighted by Crippen LogP contribution is -2.15. The maximum absolute atomic E-state index is 12.5. The summed E-state index contributed by atoms with van der Waals surface area (Å²) in [5.41, 5.74) is 2.68. The van der Waals surface area contributed by atoms with Crippen molar-refractivity contribution in [3.63, 3.8) is 0 Å². The Morgan fingerprint density at radius 3 is 1.38 bits per heavy atom. The number of methoxy groups -OCH3 is 2. The van der Waals surface area contributed by atoms with Crippen LogP contribution in [0.1, 0.15) is 34.5 Å². The molecule has 50 heavy (non-hydrogen) atoms. The van der Waals surface area contributed by atoms with Crippen molar-refractivity contribution in [1.29, 1.82) is 0 Å². The van der Waals surface area contributed by atoms with Crippen LogP contribution < -0.4 is 18.9 Å². The molecule has 2 heterocycles. The highest BCUT2D eigenvalue weighted by Gasteiger charge is 2.48. The first-order valence-electron chi connectivity index (χ1n) is 15.6. The minimum atomic E-state index is -0.657. The third kappa shape index (κ3) is 7.36. The first-order valence-corrected chi connectivity index (χ1v) is 15.6. The molecule has 12 heteroatoms. The van der Waals surface area contributed by atoms with Crippen molar-refractivity contribution in [3.05, 3.63) is 107 Å². The van der Waals surface area contributed by atoms with Crippen LogP contribution in [0.4, 0.5) is 0 Å². The molecule has 0 spiro atoms. The SMILES string of the molecule is COc1cc(C2OCC3C(c4ccc(OC(=O)C=Cc5ccc(O)c(O)c5)c(OC)c4)OCC23)ccc1OC(=O)C=Cc1ccc(O)c(O)c1. The van der Waals surface area contributed by atoms with Gasteiger partial charge in [0, 0.05) is 24.0 Å². The maximum atomic E-state index is 12.5. The number of phenols is 4. The zero-order chi connectivity index (χ0) is 35.4. The molecular weight excluding hydrogens is 648 g/mol. The fraction of sp³-hybridized carbons (Fsp3) is 0.211. The molecule has 4 atom stereocenters. The second-order valence-corrected chi connectivity index (χ2v) is 11.7. The summed E-state index contributed by atoms with van der Waals surface area (Å²) in [5.74, 6) is -1.25. The fourth-order valence-electron chi connectivity index (χ4n) is 6.03. The fourth-order valence-corrected chi connectivity index (χ4v) is 6.03. The van der Waals surface area contributed by atoms with Gasteiger partial charge in [-0.05, 0) is 82.9 Å². The van der Waals surface area contributed by atoms with Crippen molar-refractivity contribution in [2.75, 3.05) is 27.4 Å². The summed E-state index contributed by atoms with van der Waals surface area (Å²) in [6, 6.07) is 18.8. The number of fused-ring (bicyclic) bond motifs is 1. The van der Waals surface area contributed by atoms with Crippen molar-refractivity contribution >= 4 is 24.1 Å². The lowest BCUT2D eigenvalue weighted by atomic mass is 9.85. The van der Waals surface area contributed by atoms with Crippen LogP contribution in [0.25, 0.3) is 12.2 Å². The van der Waals surface area contributed by atoms with Crippen molar-refractivity contribution in [1.82, 2.24) is 0 Å². The molecule has 12 nitrogen and oxygen atoms in total. The van der Waals surface area contributed by atoms with Gasteiger partial charge in [-0.25, -0.2) is 9.59 Å². The second-order valence-electron chi connectivity index (χ2n) is 11.7. The number of rotatable bonds is 10. The predicted molar refractivity (Wildman–Crippen MR) is 179 cm³/mol. The number of aromatic hydroxyl groups is 4. The maximum Gasteiger partial charge on any atom is 0.336 e. The van der Waals surface area contributed by atoms with Crippen LogP contribution in [-0.4, -0.2) is 59.8 Å². The smallest absolute Gasteiger partial charge is 0.336 e. The van der Waals surface area contributed by atoms with Crippen molar-refractivity contribution in [2.45, 2.75) is 12.2 Å². The molecule has 2 saturated heterocycles. The van der Waals surface area contributed by atoms with E-state index in [1.165, 1.54) is 62.8 Å². The summed E-state index contributed by atoms with van der Waals surface area (Å²) >= 11 is 0. The summed E-state index contributed by atoms with van der Waals surface area (Å²) in [6.45, 7) is 0.876. The molecule has 2 aliphatic rings. The summed E-state index contributed by atoms with van der Waals surface area (Å²) in [6.07, 6.45) is 4.72. The van der Waals surface area contributed by atoms with Crippen LogP contribution in [0.5, 0.6) is 46.0 Å². The Morgan fingerprint density at radius 2 is 1.00 bits per heavy atom. The molecule has 258 valence electrons. The standard InChI is InChI=1S/C38H34O12/c1-45-33-17-23(7-11-31(33)49-35(43)13-5-21-3-9-27(39)29(41)15-21)37-25-19-48-38(26(25)20-47-37)24-8-12-32(34(18-24)46-2)50-36(44)14-6-22-4-10-28(40)30(42)16-22/h3-18,25-26,37-42H,19-20H2,1-2H3. The Kier molecular flexibility index (Phi) is 9.93. The number of carbonyl (C=O) groups is 2. The Bertz CT molecular complexity index is 1820. The number of carbonyl (C=O) groups excluding carboxylic acids is 2. The molecule has 4 aromatic rings. The molecule has 2 aliphatic heterocycles. The second kappa shape index (κ2) is 14.6. The highest BCUT2D eigenvalue weighted by atomic mass is 16.6. The highest BCUT2D eigenvalue weighted by molar-refractivity contribution is 5.90. The number of esters is 2. The van der Waals surface area contributed by atoms with Crippen LogP contribution in [0.15, 0.2) is 84.9 Å². The molecule has 0 aromatic heterocycles. The van der Waals surface area contributed by atoms with Crippen molar-refractivity contribution < 1.29 is 58.4 Å². The van der Waals surface area contributed by atoms with Crippen LogP contribution in [0.2, 0.25) is 0 Å². The van der Waals surface area contributed by atoms with E-state index in [1.54, 1.807) is 36.4 Å². The van der Waals surface area contributed by atoms with Crippen LogP contribution >= 0.6 is 0 Å². The molecule has 0 bridgehead atoms. The molecular formula is C38H34O12. The van der Waals surface area contributed by atoms with Gasteiger partial charge in [0.15, 0.2) is 46.0 Å². The number of hydrogen-bond acceptors (Lipinski definition) is 12. The average Bonchev–Trinajstić information content (AvgIpc) is 3.73. The van der Waals surface area contributed by atoms with Gasteiger partial charge in [-0.1, -0.05) is 24.3 Å². The largest absolute Gasteiger partial charge is 0.504 e. The van der Waals surface area contributed by atoms with E-state index in [2.05, 4.69) is 0 Å². The molecule has 6 rings (SSSR count). The Labute approximate surface area is 287 Å². The van der Waals surface area contributed by atoms with Crippen LogP contribution in [0.3, 0.4) is 0 Å². The number of hydrogen-bond donors (Lipinski definition) is 4. The summed E-state index contributed by atoms with van der Waals surface area (Å²) in [7, 11) is 2.95. The Hall–Kier alpha value is -5.98. The van der Waals surface area contributed by atoms with Crippen molar-refractivity contribution in [3.8, 4) is 46.0 Å². The first-order chi connectivity index (χ1) is 24.1. The molecule has 0 aliphatic carbocycles. The van der Waals surface area contributed by atoms with E-state index in [9.17, 15) is 30.0 Å². The minimum absolute atomic E-state index is 0.0238. The van der Waals surface area contributed by atoms with Gasteiger partial charge in [-0.3, -0.25) is 0 Å². The molecule has 4 unspecified atom stereocenters. The molecule has 0 radical (unpaired) electrons. The summed E-state index contributed by atoms with van der Waals surface area (Å²) < 4.78 is 34.6. The molecule has 0 amide bonds. The van der Waals surface area contributed by atoms with E-state index in [0.29, 0.717) is 35.8 Å². The Balaban J connectivity index is 1.10. The van der Waals surface area contributed by atoms with E-state index < -0.39 is 11.9 Å². The summed E-state index contributed by atoms with van der Waals surface area (Å²) in [4.78, 5) is 25.0. The lowest BCUT2D eigenvalue weighted by molar-refractivity contribution is -0.129. The third-order valence-corrected chi connectivity index (χ3v) is 8.54. The van der Waals surface area contributed by atoms with E-state index >= 15 is 0 Å². The van der Waals surface area contributed by atoms with E-state index in [0.717, 1.165) is 11.1 Å². The third-order valence-electron chi connectivity index (χ3n) is 8.54. The topological polar surface area (TPSA) is 170 Å². The van der Waals surface area contributed by atoms with Gasteiger partial charge in [0.25, 0.3) is 0 Å². The van der Waals surface area contributed by atoms with Gasteiger partial charge in [0.2, 0.25) is 0 Å². The number of benzene rings is 4. The normalized spacial score (nSPS) is 19.8. The first kappa shape index (κ1) is 33.9. The average molecular weight is 683 g/mol. The molecule has 4 N–H and O–H groups in total. The number of ether oxygens (including phenoxy) is 6. The molecule has 2 fully saturated rings. The van der Waals surface area contributed by atoms with E-state index in [1.807, 2.05) is 12.1 Å². The zero-order valence-electron chi connectivity index (χ0n) is 27.0. The van der Waals surface area contributed by atoms with E-state index in [4.69, 9.17) is 28.4 Å². The highest BCUT2D eigenvalue weighted by Crippen LogP contribution is 2.51. The van der Waals surface area contributed by atoms with Gasteiger partial charge in [0.1, 0.15) is 0 Å². The van der Waals surface area contributed by atoms with Gasteiger partial charge in [-0.2, -0.15) is 0 Å². The van der Waals surface area contributed by atoms with Crippen LogP contribution in [-0.2, 0) is 19.1 Å². The van der Waals surface area contributed by atoms with Crippen LogP contribution in [0, 0.1) is 11.8 Å². The monoisotopic (exact) mass is 682 g/mol. The van der Waals surface area contributed by atoms with Gasteiger partial charge < -0.3 is 48.8 Å². The Morgan fingerprint density at radius 1 is 0.580 bits per heavy atom. The van der Waals surface area contributed by atoms with Crippen molar-refractivity contribution in [2.24, 2.45) is 11.8 Å². The van der Waals surface area contributed by atoms with Gasteiger partial charge >= 0.3 is 11.9 Å². The summed E-state index contributed by atoms with van der Waals surface area (Å²) in [5, 5.41) is 38.3. The zero-order valence-corrected chi connectivity index (χ0v) is 27.0. The quantitative estimate of drug-likeness (QED) is 0.0683. The molecule has 0 saturated carbocycles. The van der Waals surface area contributed by atoms with Gasteiger partial charge in [0.05, 0.1) is 39.6 Å². The van der Waals surface area contributed by atoms with Gasteiger partial charge in [-0.15, -0.1) is 0 Å². The lowest BCUT2D eigenvalue weighted by Gasteiger charge is -2.19. The molecule has 4 aromatic carbocycles. The predicted octanol–water partition coefficient (Wildman–Crippen LogP) is 5.84.